The molecule has 0 unspecified atom stereocenters. The third-order valence-corrected chi connectivity index (χ3v) is 5.19. The Balaban J connectivity index is 1.77. The molecule has 2 aromatic heterocycles. The predicted octanol–water partition coefficient (Wildman–Crippen LogP) is 4.12. The normalized spacial score (nSPS) is 10.8. The van der Waals surface area contributed by atoms with Crippen LogP contribution in [0.2, 0.25) is 0 Å². The topological polar surface area (TPSA) is 72.6 Å². The van der Waals surface area contributed by atoms with Crippen LogP contribution in [-0.4, -0.2) is 35.4 Å². The van der Waals surface area contributed by atoms with Gasteiger partial charge in [0.2, 0.25) is 11.8 Å². The Hall–Kier alpha value is -3.07. The number of amides is 1. The molecule has 2 heterocycles. The first-order chi connectivity index (χ1) is 14.4. The van der Waals surface area contributed by atoms with Crippen molar-refractivity contribution in [2.24, 2.45) is 0 Å². The highest BCUT2D eigenvalue weighted by atomic mass is 32.1. The van der Waals surface area contributed by atoms with Crippen LogP contribution in [-0.2, 0) is 27.3 Å². The number of aromatic nitrogens is 1. The minimum Gasteiger partial charge on any atom is -0.469 e. The summed E-state index contributed by atoms with van der Waals surface area (Å²) < 4.78 is 37.1. The molecule has 0 saturated heterocycles. The number of halogens is 2. The van der Waals surface area contributed by atoms with Gasteiger partial charge in [-0.1, -0.05) is 6.07 Å². The van der Waals surface area contributed by atoms with Crippen molar-refractivity contribution in [3.8, 4) is 11.5 Å². The Morgan fingerprint density at radius 1 is 1.23 bits per heavy atom. The summed E-state index contributed by atoms with van der Waals surface area (Å²) in [6.07, 6.45) is -0.0752. The SMILES string of the molecule is COC(=O)CCN(Cc1ccc(F)c(F)c1)C(=O)Cc1nc(-c2ccsc2)oc1C. The second-order valence-corrected chi connectivity index (χ2v) is 7.38. The van der Waals surface area contributed by atoms with Crippen LogP contribution < -0.4 is 0 Å². The number of carbonyl (C=O) groups excluding carboxylic acids is 2. The molecule has 0 aliphatic carbocycles. The number of thiophene rings is 1. The number of ether oxygens (including phenoxy) is 1. The van der Waals surface area contributed by atoms with Crippen LogP contribution in [0.25, 0.3) is 11.5 Å². The van der Waals surface area contributed by atoms with Gasteiger partial charge in [0.25, 0.3) is 0 Å². The molecule has 0 atom stereocenters. The monoisotopic (exact) mass is 434 g/mol. The number of aryl methyl sites for hydroxylation is 1. The molecule has 0 bridgehead atoms. The maximum atomic E-state index is 13.6. The van der Waals surface area contributed by atoms with E-state index in [1.165, 1.54) is 29.4 Å². The molecule has 0 radical (unpaired) electrons. The van der Waals surface area contributed by atoms with Gasteiger partial charge in [-0.15, -0.1) is 0 Å². The highest BCUT2D eigenvalue weighted by Crippen LogP contribution is 2.24. The van der Waals surface area contributed by atoms with E-state index in [0.717, 1.165) is 17.7 Å². The van der Waals surface area contributed by atoms with Crippen molar-refractivity contribution in [1.82, 2.24) is 9.88 Å². The summed E-state index contributed by atoms with van der Waals surface area (Å²) in [4.78, 5) is 30.3. The number of hydrogen-bond acceptors (Lipinski definition) is 6. The molecule has 0 N–H and O–H groups in total. The van der Waals surface area contributed by atoms with E-state index in [1.807, 2.05) is 16.8 Å². The summed E-state index contributed by atoms with van der Waals surface area (Å²) in [6, 6.07) is 5.30. The van der Waals surface area contributed by atoms with E-state index in [1.54, 1.807) is 6.92 Å². The van der Waals surface area contributed by atoms with Gasteiger partial charge in [0, 0.05) is 24.0 Å². The molecule has 0 fully saturated rings. The minimum atomic E-state index is -0.999. The predicted molar refractivity (Wildman–Crippen MR) is 107 cm³/mol. The fourth-order valence-electron chi connectivity index (χ4n) is 2.84. The number of hydrogen-bond donors (Lipinski definition) is 0. The van der Waals surface area contributed by atoms with Crippen molar-refractivity contribution in [3.63, 3.8) is 0 Å². The van der Waals surface area contributed by atoms with E-state index in [9.17, 15) is 18.4 Å². The standard InChI is InChI=1S/C21H20F2N2O4S/c1-13-18(24-21(29-13)15-6-8-30-12-15)10-19(26)25(7-5-20(27)28-2)11-14-3-4-16(22)17(23)9-14/h3-4,6,8-9,12H,5,7,10-11H2,1-2H3. The molecule has 1 aromatic carbocycles. The smallest absolute Gasteiger partial charge is 0.307 e. The van der Waals surface area contributed by atoms with Crippen molar-refractivity contribution >= 4 is 23.2 Å². The lowest BCUT2D eigenvalue weighted by atomic mass is 10.1. The molecule has 30 heavy (non-hydrogen) atoms. The lowest BCUT2D eigenvalue weighted by molar-refractivity contribution is -0.141. The first-order valence-electron chi connectivity index (χ1n) is 9.14. The van der Waals surface area contributed by atoms with Gasteiger partial charge in [-0.25, -0.2) is 13.8 Å². The van der Waals surface area contributed by atoms with Crippen LogP contribution in [0.3, 0.4) is 0 Å². The molecule has 158 valence electrons. The first kappa shape index (κ1) is 21.6. The van der Waals surface area contributed by atoms with Crippen LogP contribution in [0.4, 0.5) is 8.78 Å². The zero-order valence-electron chi connectivity index (χ0n) is 16.5. The van der Waals surface area contributed by atoms with Gasteiger partial charge in [0.05, 0.1) is 25.6 Å². The molecule has 3 rings (SSSR count). The second-order valence-electron chi connectivity index (χ2n) is 6.60. The highest BCUT2D eigenvalue weighted by Gasteiger charge is 2.21. The van der Waals surface area contributed by atoms with Crippen molar-refractivity contribution in [2.75, 3.05) is 13.7 Å². The summed E-state index contributed by atoms with van der Waals surface area (Å²) in [5, 5.41) is 3.79. The summed E-state index contributed by atoms with van der Waals surface area (Å²) in [7, 11) is 1.26. The zero-order chi connectivity index (χ0) is 21.7. The molecule has 0 spiro atoms. The van der Waals surface area contributed by atoms with Gasteiger partial charge in [-0.2, -0.15) is 11.3 Å². The number of oxazole rings is 1. The number of methoxy groups -OCH3 is 1. The highest BCUT2D eigenvalue weighted by molar-refractivity contribution is 7.08. The largest absolute Gasteiger partial charge is 0.469 e. The third kappa shape index (κ3) is 5.29. The number of esters is 1. The molecule has 0 aliphatic rings. The van der Waals surface area contributed by atoms with E-state index >= 15 is 0 Å². The molecular weight excluding hydrogens is 414 g/mol. The van der Waals surface area contributed by atoms with E-state index < -0.39 is 17.6 Å². The average Bonchev–Trinajstić information content (AvgIpc) is 3.37. The minimum absolute atomic E-state index is 0.0152. The first-order valence-corrected chi connectivity index (χ1v) is 10.1. The molecular formula is C21H20F2N2O4S. The van der Waals surface area contributed by atoms with Crippen LogP contribution in [0.5, 0.6) is 0 Å². The zero-order valence-corrected chi connectivity index (χ0v) is 17.3. The third-order valence-electron chi connectivity index (χ3n) is 4.50. The molecule has 3 aromatic rings. The summed E-state index contributed by atoms with van der Waals surface area (Å²) >= 11 is 1.51. The summed E-state index contributed by atoms with van der Waals surface area (Å²) in [5.74, 6) is -1.82. The fourth-order valence-corrected chi connectivity index (χ4v) is 3.47. The van der Waals surface area contributed by atoms with Crippen molar-refractivity contribution in [1.29, 1.82) is 0 Å². The Kier molecular flexibility index (Phi) is 6.94. The lowest BCUT2D eigenvalue weighted by Crippen LogP contribution is -2.34. The van der Waals surface area contributed by atoms with Crippen molar-refractivity contribution in [2.45, 2.75) is 26.3 Å². The van der Waals surface area contributed by atoms with Crippen molar-refractivity contribution < 1.29 is 27.5 Å². The Morgan fingerprint density at radius 2 is 2.03 bits per heavy atom. The Morgan fingerprint density at radius 3 is 2.70 bits per heavy atom. The van der Waals surface area contributed by atoms with E-state index in [2.05, 4.69) is 9.72 Å². The van der Waals surface area contributed by atoms with Crippen molar-refractivity contribution in [3.05, 3.63) is 63.7 Å². The van der Waals surface area contributed by atoms with E-state index in [0.29, 0.717) is 22.9 Å². The molecule has 0 saturated carbocycles. The Bertz CT molecular complexity index is 1030. The quantitative estimate of drug-likeness (QED) is 0.499. The maximum Gasteiger partial charge on any atom is 0.307 e. The number of carbonyl (C=O) groups is 2. The van der Waals surface area contributed by atoms with Crippen LogP contribution in [0, 0.1) is 18.6 Å². The summed E-state index contributed by atoms with van der Waals surface area (Å²) in [5.41, 5.74) is 1.71. The van der Waals surface area contributed by atoms with Gasteiger partial charge in [0.15, 0.2) is 11.6 Å². The molecule has 9 heteroatoms. The van der Waals surface area contributed by atoms with Gasteiger partial charge in [-0.05, 0) is 36.1 Å². The van der Waals surface area contributed by atoms with Gasteiger partial charge in [-0.3, -0.25) is 9.59 Å². The van der Waals surface area contributed by atoms with Gasteiger partial charge < -0.3 is 14.1 Å². The average molecular weight is 434 g/mol. The van der Waals surface area contributed by atoms with Crippen LogP contribution in [0.1, 0.15) is 23.4 Å². The van der Waals surface area contributed by atoms with E-state index in [-0.39, 0.29) is 31.8 Å². The van der Waals surface area contributed by atoms with Crippen LogP contribution in [0.15, 0.2) is 39.4 Å². The number of rotatable bonds is 8. The fraction of sp³-hybridized carbons (Fsp3) is 0.286. The molecule has 1 amide bonds. The molecule has 0 aliphatic heterocycles. The lowest BCUT2D eigenvalue weighted by Gasteiger charge is -2.22. The van der Waals surface area contributed by atoms with E-state index in [4.69, 9.17) is 4.42 Å². The van der Waals surface area contributed by atoms with Gasteiger partial charge >= 0.3 is 5.97 Å². The maximum absolute atomic E-state index is 13.6. The molecule has 6 nitrogen and oxygen atoms in total. The van der Waals surface area contributed by atoms with Gasteiger partial charge in [0.1, 0.15) is 5.76 Å². The second kappa shape index (κ2) is 9.62. The number of benzene rings is 1. The number of nitrogens with zero attached hydrogens (tertiary/aromatic N) is 2. The van der Waals surface area contributed by atoms with Crippen LogP contribution >= 0.6 is 11.3 Å². The Labute approximate surface area is 176 Å². The summed E-state index contributed by atoms with van der Waals surface area (Å²) in [6.45, 7) is 1.81.